The van der Waals surface area contributed by atoms with Gasteiger partial charge in [-0.15, -0.1) is 0 Å². The molecule has 11 nitrogen and oxygen atoms in total. The van der Waals surface area contributed by atoms with Crippen molar-refractivity contribution < 1.29 is 14.7 Å². The highest BCUT2D eigenvalue weighted by Crippen LogP contribution is 2.28. The number of benzene rings is 1. The maximum Gasteiger partial charge on any atom is 0.254 e. The lowest BCUT2D eigenvalue weighted by atomic mass is 10.1. The van der Waals surface area contributed by atoms with Gasteiger partial charge in [0.25, 0.3) is 11.8 Å². The highest BCUT2D eigenvalue weighted by Gasteiger charge is 2.18. The molecule has 1 aromatic carbocycles. The van der Waals surface area contributed by atoms with Crippen LogP contribution in [0.1, 0.15) is 46.5 Å². The summed E-state index contributed by atoms with van der Waals surface area (Å²) < 4.78 is 1.50. The summed E-state index contributed by atoms with van der Waals surface area (Å²) in [5.41, 5.74) is 3.05. The molecule has 0 aliphatic carbocycles. The minimum absolute atomic E-state index is 0.204. The van der Waals surface area contributed by atoms with Gasteiger partial charge in [-0.1, -0.05) is 0 Å². The van der Waals surface area contributed by atoms with Gasteiger partial charge in [-0.25, -0.2) is 9.50 Å². The highest BCUT2D eigenvalue weighted by atomic mass is 16.3. The van der Waals surface area contributed by atoms with Gasteiger partial charge >= 0.3 is 0 Å². The number of hydrogen-bond donors (Lipinski definition) is 4. The van der Waals surface area contributed by atoms with E-state index >= 15 is 0 Å². The Bertz CT molecular complexity index is 1500. The zero-order valence-corrected chi connectivity index (χ0v) is 20.6. The smallest absolute Gasteiger partial charge is 0.254 e. The van der Waals surface area contributed by atoms with Gasteiger partial charge in [0.05, 0.1) is 46.1 Å². The van der Waals surface area contributed by atoms with Crippen LogP contribution in [-0.2, 0) is 0 Å². The van der Waals surface area contributed by atoms with E-state index in [4.69, 9.17) is 5.26 Å². The first-order valence-corrected chi connectivity index (χ1v) is 11.5. The number of amides is 2. The molecule has 0 saturated carbocycles. The van der Waals surface area contributed by atoms with Crippen LogP contribution in [0, 0.1) is 11.3 Å². The lowest BCUT2D eigenvalue weighted by Crippen LogP contribution is -2.31. The maximum atomic E-state index is 13.0. The largest absolute Gasteiger partial charge is 0.390 e. The van der Waals surface area contributed by atoms with Crippen LogP contribution in [0.2, 0.25) is 0 Å². The predicted molar refractivity (Wildman–Crippen MR) is 137 cm³/mol. The molecular weight excluding hydrogens is 472 g/mol. The quantitative estimate of drug-likeness (QED) is 0.289. The molecule has 2 amide bonds. The molecule has 3 heterocycles. The molecule has 0 bridgehead atoms. The fourth-order valence-electron chi connectivity index (χ4n) is 3.58. The lowest BCUT2D eigenvalue weighted by molar-refractivity contribution is 0.0692. The third-order valence-electron chi connectivity index (χ3n) is 5.59. The number of fused-ring (bicyclic) bond motifs is 1. The number of carbonyl (C=O) groups excluding carboxylic acids is 2. The molecule has 0 unspecified atom stereocenters. The summed E-state index contributed by atoms with van der Waals surface area (Å²) in [5, 5.41) is 32.0. The van der Waals surface area contributed by atoms with Crippen LogP contribution in [0.15, 0.2) is 55.1 Å². The third-order valence-corrected chi connectivity index (χ3v) is 5.59. The molecule has 37 heavy (non-hydrogen) atoms. The molecule has 4 aromatic rings. The second-order valence-corrected chi connectivity index (χ2v) is 9.00. The second kappa shape index (κ2) is 10.4. The van der Waals surface area contributed by atoms with Crippen LogP contribution in [0.25, 0.3) is 16.9 Å². The Kier molecular flexibility index (Phi) is 7.13. The molecule has 0 radical (unpaired) electrons. The van der Waals surface area contributed by atoms with Crippen molar-refractivity contribution >= 4 is 28.8 Å². The van der Waals surface area contributed by atoms with Crippen molar-refractivity contribution in [2.24, 2.45) is 0 Å². The van der Waals surface area contributed by atoms with E-state index < -0.39 is 5.60 Å². The normalized spacial score (nSPS) is 11.1. The first-order valence-electron chi connectivity index (χ1n) is 11.5. The average Bonchev–Trinajstić information content (AvgIpc) is 3.31. The van der Waals surface area contributed by atoms with E-state index in [0.717, 1.165) is 0 Å². The van der Waals surface area contributed by atoms with Crippen LogP contribution < -0.4 is 16.0 Å². The van der Waals surface area contributed by atoms with Gasteiger partial charge in [0, 0.05) is 37.2 Å². The molecule has 11 heteroatoms. The van der Waals surface area contributed by atoms with E-state index in [0.29, 0.717) is 51.4 Å². The van der Waals surface area contributed by atoms with E-state index in [1.807, 2.05) is 6.07 Å². The van der Waals surface area contributed by atoms with E-state index in [9.17, 15) is 14.7 Å². The lowest BCUT2D eigenvalue weighted by Gasteiger charge is -2.18. The Morgan fingerprint density at radius 3 is 2.54 bits per heavy atom. The van der Waals surface area contributed by atoms with Crippen molar-refractivity contribution in [1.29, 1.82) is 5.26 Å². The number of anilines is 2. The van der Waals surface area contributed by atoms with Crippen LogP contribution in [0.5, 0.6) is 0 Å². The first kappa shape index (κ1) is 25.3. The number of rotatable bonds is 8. The Morgan fingerprint density at radius 1 is 1.11 bits per heavy atom. The maximum absolute atomic E-state index is 13.0. The van der Waals surface area contributed by atoms with Crippen LogP contribution in [0.4, 0.5) is 11.4 Å². The Balaban J connectivity index is 1.69. The van der Waals surface area contributed by atoms with E-state index in [1.165, 1.54) is 16.9 Å². The monoisotopic (exact) mass is 498 g/mol. The second-order valence-electron chi connectivity index (χ2n) is 9.00. The Labute approximate surface area is 213 Å². The minimum Gasteiger partial charge on any atom is -0.390 e. The van der Waals surface area contributed by atoms with Crippen molar-refractivity contribution in [3.8, 4) is 17.3 Å². The van der Waals surface area contributed by atoms with Gasteiger partial charge in [0.1, 0.15) is 6.07 Å². The van der Waals surface area contributed by atoms with Crippen LogP contribution >= 0.6 is 0 Å². The number of carbonyl (C=O) groups is 2. The van der Waals surface area contributed by atoms with Gasteiger partial charge in [-0.2, -0.15) is 10.4 Å². The molecule has 0 atom stereocenters. The SMILES string of the molecule is CNC(=O)c1ccc(Nc2cc(-c3cnn4cc(C#N)cnc34)ncc2C(=O)NCCC(C)(C)O)cc1. The van der Waals surface area contributed by atoms with Crippen molar-refractivity contribution in [3.63, 3.8) is 0 Å². The summed E-state index contributed by atoms with van der Waals surface area (Å²) in [5.74, 6) is -0.561. The molecule has 3 aromatic heterocycles. The van der Waals surface area contributed by atoms with Crippen molar-refractivity contribution in [3.05, 3.63) is 71.8 Å². The van der Waals surface area contributed by atoms with Gasteiger partial charge in [-0.3, -0.25) is 14.6 Å². The standard InChI is InChI=1S/C26H26N8O3/c1-26(2,37)8-9-29-25(36)20-13-30-21(19-14-32-34-15-16(11-27)12-31-23(19)34)10-22(20)33-18-6-4-17(5-7-18)24(35)28-3/h4-7,10,12-15,37H,8-9H2,1-3H3,(H,28,35)(H,29,36)(H,30,33). The minimum atomic E-state index is -0.912. The van der Waals surface area contributed by atoms with Crippen molar-refractivity contribution in [1.82, 2.24) is 30.2 Å². The number of nitrogens with zero attached hydrogens (tertiary/aromatic N) is 5. The molecule has 4 rings (SSSR count). The van der Waals surface area contributed by atoms with Gasteiger partial charge < -0.3 is 21.1 Å². The Morgan fingerprint density at radius 2 is 1.86 bits per heavy atom. The summed E-state index contributed by atoms with van der Waals surface area (Å²) in [6.07, 6.45) is 6.47. The molecule has 188 valence electrons. The third kappa shape index (κ3) is 5.88. The number of nitriles is 1. The first-order chi connectivity index (χ1) is 17.7. The number of aromatic nitrogens is 4. The molecule has 0 aliphatic heterocycles. The van der Waals surface area contributed by atoms with Crippen molar-refractivity contribution in [2.45, 2.75) is 25.9 Å². The highest BCUT2D eigenvalue weighted by molar-refractivity contribution is 6.01. The number of hydrogen-bond acceptors (Lipinski definition) is 8. The van der Waals surface area contributed by atoms with E-state index in [2.05, 4.69) is 31.0 Å². The molecule has 0 fully saturated rings. The van der Waals surface area contributed by atoms with Gasteiger partial charge in [-0.05, 0) is 50.6 Å². The zero-order valence-electron chi connectivity index (χ0n) is 20.6. The van der Waals surface area contributed by atoms with Crippen LogP contribution in [-0.4, -0.2) is 55.7 Å². The van der Waals surface area contributed by atoms with E-state index in [1.54, 1.807) is 63.6 Å². The van der Waals surface area contributed by atoms with Gasteiger partial charge in [0.2, 0.25) is 0 Å². The number of pyridine rings is 1. The summed E-state index contributed by atoms with van der Waals surface area (Å²) in [6, 6.07) is 10.6. The number of aliphatic hydroxyl groups is 1. The Hall–Kier alpha value is -4.82. The van der Waals surface area contributed by atoms with E-state index in [-0.39, 0.29) is 18.4 Å². The fourth-order valence-corrected chi connectivity index (χ4v) is 3.58. The topological polar surface area (TPSA) is 157 Å². The molecule has 0 spiro atoms. The zero-order chi connectivity index (χ0) is 26.6. The molecule has 0 saturated heterocycles. The molecule has 0 aliphatic rings. The molecule has 4 N–H and O–H groups in total. The van der Waals surface area contributed by atoms with Gasteiger partial charge in [0.15, 0.2) is 5.65 Å². The molecular formula is C26H26N8O3. The van der Waals surface area contributed by atoms with Crippen LogP contribution in [0.3, 0.4) is 0 Å². The summed E-state index contributed by atoms with van der Waals surface area (Å²) in [4.78, 5) is 33.7. The summed E-state index contributed by atoms with van der Waals surface area (Å²) in [7, 11) is 1.56. The fraction of sp³-hybridized carbons (Fsp3) is 0.231. The summed E-state index contributed by atoms with van der Waals surface area (Å²) in [6.45, 7) is 3.63. The summed E-state index contributed by atoms with van der Waals surface area (Å²) >= 11 is 0. The number of nitrogens with one attached hydrogen (secondary N) is 3. The predicted octanol–water partition coefficient (Wildman–Crippen LogP) is 2.66. The van der Waals surface area contributed by atoms with Crippen molar-refractivity contribution in [2.75, 3.05) is 18.9 Å². The average molecular weight is 499 g/mol.